The van der Waals surface area contributed by atoms with Crippen molar-refractivity contribution in [3.63, 3.8) is 0 Å². The molecule has 0 saturated carbocycles. The van der Waals surface area contributed by atoms with E-state index in [4.69, 9.17) is 0 Å². The van der Waals surface area contributed by atoms with E-state index < -0.39 is 0 Å². The Bertz CT molecular complexity index is 431. The molecule has 0 N–H and O–H groups in total. The highest BCUT2D eigenvalue weighted by Crippen LogP contribution is 2.07. The van der Waals surface area contributed by atoms with Crippen LogP contribution < -0.4 is 0 Å². The zero-order valence-corrected chi connectivity index (χ0v) is 9.80. The van der Waals surface area contributed by atoms with E-state index in [1.54, 1.807) is 0 Å². The summed E-state index contributed by atoms with van der Waals surface area (Å²) >= 11 is 0. The lowest BCUT2D eigenvalue weighted by molar-refractivity contribution is 0.514. The maximum Gasteiger partial charge on any atom is 0.0830 e. The van der Waals surface area contributed by atoms with Crippen LogP contribution in [0.4, 0.5) is 0 Å². The van der Waals surface area contributed by atoms with Crippen molar-refractivity contribution in [1.29, 1.82) is 0 Å². The molecule has 0 aliphatic carbocycles. The normalized spacial score (nSPS) is 10.9. The van der Waals surface area contributed by atoms with E-state index in [-0.39, 0.29) is 0 Å². The Balaban J connectivity index is 1.95. The molecule has 1 aromatic carbocycles. The van der Waals surface area contributed by atoms with Gasteiger partial charge in [-0.05, 0) is 32.3 Å². The molecule has 2 rings (SSSR count). The van der Waals surface area contributed by atoms with Crippen LogP contribution in [-0.2, 0) is 12.8 Å². The predicted molar refractivity (Wildman–Crippen MR) is 64.3 cm³/mol. The third-order valence-corrected chi connectivity index (χ3v) is 2.60. The molecule has 16 heavy (non-hydrogen) atoms. The standard InChI is InChI=1S/C13H17N3/c1-11(2)16-10-13(14-15-16)9-8-12-6-4-3-5-7-12/h3-7,10-11H,8-9H2,1-2H3. The van der Waals surface area contributed by atoms with Crippen molar-refractivity contribution >= 4 is 0 Å². The van der Waals surface area contributed by atoms with Gasteiger partial charge >= 0.3 is 0 Å². The number of aromatic nitrogens is 3. The molecule has 0 fully saturated rings. The Labute approximate surface area is 96.1 Å². The van der Waals surface area contributed by atoms with Gasteiger partial charge in [-0.15, -0.1) is 5.10 Å². The number of rotatable bonds is 4. The Kier molecular flexibility index (Phi) is 3.34. The smallest absolute Gasteiger partial charge is 0.0830 e. The van der Waals surface area contributed by atoms with Crippen LogP contribution in [0.5, 0.6) is 0 Å². The van der Waals surface area contributed by atoms with Gasteiger partial charge in [0.05, 0.1) is 5.69 Å². The maximum absolute atomic E-state index is 4.17. The Morgan fingerprint density at radius 2 is 1.88 bits per heavy atom. The van der Waals surface area contributed by atoms with E-state index in [0.717, 1.165) is 18.5 Å². The highest BCUT2D eigenvalue weighted by molar-refractivity contribution is 5.15. The van der Waals surface area contributed by atoms with Gasteiger partial charge in [0.25, 0.3) is 0 Å². The van der Waals surface area contributed by atoms with Gasteiger partial charge in [-0.3, -0.25) is 0 Å². The molecule has 2 aromatic rings. The summed E-state index contributed by atoms with van der Waals surface area (Å²) in [7, 11) is 0. The Hall–Kier alpha value is -1.64. The van der Waals surface area contributed by atoms with Gasteiger partial charge in [-0.1, -0.05) is 35.5 Å². The molecular formula is C13H17N3. The third kappa shape index (κ3) is 2.69. The Morgan fingerprint density at radius 3 is 2.50 bits per heavy atom. The number of hydrogen-bond donors (Lipinski definition) is 0. The zero-order valence-electron chi connectivity index (χ0n) is 9.80. The van der Waals surface area contributed by atoms with Crippen LogP contribution in [0.1, 0.15) is 31.1 Å². The molecule has 0 radical (unpaired) electrons. The van der Waals surface area contributed by atoms with Gasteiger partial charge in [0.15, 0.2) is 0 Å². The first-order valence-electron chi connectivity index (χ1n) is 5.70. The van der Waals surface area contributed by atoms with Crippen LogP contribution in [-0.4, -0.2) is 15.0 Å². The highest BCUT2D eigenvalue weighted by Gasteiger charge is 2.03. The first kappa shape index (κ1) is 10.9. The molecule has 0 spiro atoms. The van der Waals surface area contributed by atoms with Crippen molar-refractivity contribution in [2.75, 3.05) is 0 Å². The molecule has 3 heteroatoms. The van der Waals surface area contributed by atoms with Crippen molar-refractivity contribution in [3.8, 4) is 0 Å². The lowest BCUT2D eigenvalue weighted by Gasteiger charge is -2.01. The van der Waals surface area contributed by atoms with Crippen molar-refractivity contribution in [2.24, 2.45) is 0 Å². The molecule has 0 unspecified atom stereocenters. The van der Waals surface area contributed by atoms with Crippen molar-refractivity contribution in [2.45, 2.75) is 32.7 Å². The van der Waals surface area contributed by atoms with E-state index >= 15 is 0 Å². The van der Waals surface area contributed by atoms with Crippen LogP contribution in [0.15, 0.2) is 36.5 Å². The molecule has 1 heterocycles. The van der Waals surface area contributed by atoms with Crippen LogP contribution in [0.25, 0.3) is 0 Å². The summed E-state index contributed by atoms with van der Waals surface area (Å²) in [6.07, 6.45) is 4.02. The van der Waals surface area contributed by atoms with E-state index in [9.17, 15) is 0 Å². The minimum absolute atomic E-state index is 0.387. The quantitative estimate of drug-likeness (QED) is 0.785. The maximum atomic E-state index is 4.17. The van der Waals surface area contributed by atoms with Gasteiger partial charge in [0.2, 0.25) is 0 Å². The van der Waals surface area contributed by atoms with Crippen molar-refractivity contribution < 1.29 is 0 Å². The number of nitrogens with zero attached hydrogens (tertiary/aromatic N) is 3. The first-order chi connectivity index (χ1) is 7.75. The molecule has 0 aliphatic rings. The summed E-state index contributed by atoms with van der Waals surface area (Å²) in [5.74, 6) is 0. The van der Waals surface area contributed by atoms with Crippen LogP contribution in [0, 0.1) is 0 Å². The van der Waals surface area contributed by atoms with Crippen LogP contribution in [0.2, 0.25) is 0 Å². The third-order valence-electron chi connectivity index (χ3n) is 2.60. The van der Waals surface area contributed by atoms with Gasteiger partial charge in [-0.2, -0.15) is 0 Å². The van der Waals surface area contributed by atoms with Gasteiger partial charge in [-0.25, -0.2) is 4.68 Å². The topological polar surface area (TPSA) is 30.7 Å². The second-order valence-electron chi connectivity index (χ2n) is 4.27. The van der Waals surface area contributed by atoms with Crippen molar-refractivity contribution in [3.05, 3.63) is 47.8 Å². The predicted octanol–water partition coefficient (Wildman–Crippen LogP) is 2.64. The number of hydrogen-bond acceptors (Lipinski definition) is 2. The molecule has 1 aromatic heterocycles. The molecule has 3 nitrogen and oxygen atoms in total. The largest absolute Gasteiger partial charge is 0.250 e. The lowest BCUT2D eigenvalue weighted by atomic mass is 10.1. The molecule has 0 aliphatic heterocycles. The SMILES string of the molecule is CC(C)n1cc(CCc2ccccc2)nn1. The summed E-state index contributed by atoms with van der Waals surface area (Å²) < 4.78 is 1.90. The molecular weight excluding hydrogens is 198 g/mol. The minimum Gasteiger partial charge on any atom is -0.250 e. The summed E-state index contributed by atoms with van der Waals surface area (Å²) in [6.45, 7) is 4.21. The number of benzene rings is 1. The van der Waals surface area contributed by atoms with E-state index in [0.29, 0.717) is 6.04 Å². The Morgan fingerprint density at radius 1 is 1.12 bits per heavy atom. The van der Waals surface area contributed by atoms with Crippen LogP contribution in [0.3, 0.4) is 0 Å². The van der Waals surface area contributed by atoms with Crippen molar-refractivity contribution in [1.82, 2.24) is 15.0 Å². The average molecular weight is 215 g/mol. The number of aryl methyl sites for hydroxylation is 2. The average Bonchev–Trinajstić information content (AvgIpc) is 2.76. The van der Waals surface area contributed by atoms with Gasteiger partial charge < -0.3 is 0 Å². The van der Waals surface area contributed by atoms with E-state index in [1.807, 2.05) is 16.9 Å². The summed E-state index contributed by atoms with van der Waals surface area (Å²) in [4.78, 5) is 0. The van der Waals surface area contributed by atoms with Gasteiger partial charge in [0.1, 0.15) is 0 Å². The fourth-order valence-corrected chi connectivity index (χ4v) is 1.60. The summed E-state index contributed by atoms with van der Waals surface area (Å²) in [5.41, 5.74) is 2.42. The summed E-state index contributed by atoms with van der Waals surface area (Å²) in [6, 6.07) is 10.9. The summed E-state index contributed by atoms with van der Waals surface area (Å²) in [5, 5.41) is 8.26. The molecule has 84 valence electrons. The molecule has 0 amide bonds. The minimum atomic E-state index is 0.387. The highest BCUT2D eigenvalue weighted by atomic mass is 15.4. The zero-order chi connectivity index (χ0) is 11.4. The monoisotopic (exact) mass is 215 g/mol. The van der Waals surface area contributed by atoms with Gasteiger partial charge in [0, 0.05) is 12.2 Å². The molecule has 0 atom stereocenters. The molecule has 0 saturated heterocycles. The fraction of sp³-hybridized carbons (Fsp3) is 0.385. The van der Waals surface area contributed by atoms with E-state index in [2.05, 4.69) is 48.4 Å². The second-order valence-corrected chi connectivity index (χ2v) is 4.27. The van der Waals surface area contributed by atoms with E-state index in [1.165, 1.54) is 5.56 Å². The fourth-order valence-electron chi connectivity index (χ4n) is 1.60. The van der Waals surface area contributed by atoms with Crippen LogP contribution >= 0.6 is 0 Å². The molecule has 0 bridgehead atoms. The second kappa shape index (κ2) is 4.92. The lowest BCUT2D eigenvalue weighted by Crippen LogP contribution is -2.00. The first-order valence-corrected chi connectivity index (χ1v) is 5.70.